The highest BCUT2D eigenvalue weighted by Crippen LogP contribution is 2.70. The van der Waals surface area contributed by atoms with Crippen LogP contribution in [0.15, 0.2) is 24.3 Å². The van der Waals surface area contributed by atoms with E-state index in [4.69, 9.17) is 19.6 Å². The number of hydrogen-bond acceptors (Lipinski definition) is 7. The third-order valence-corrected chi connectivity index (χ3v) is 8.55. The van der Waals surface area contributed by atoms with Gasteiger partial charge in [-0.3, -0.25) is 5.41 Å². The lowest BCUT2D eigenvalue weighted by atomic mass is 9.50. The van der Waals surface area contributed by atoms with Gasteiger partial charge in [0.1, 0.15) is 11.9 Å². The van der Waals surface area contributed by atoms with Gasteiger partial charge in [0.25, 0.3) is 0 Å². The fourth-order valence-electron chi connectivity index (χ4n) is 6.40. The first-order chi connectivity index (χ1) is 17.5. The van der Waals surface area contributed by atoms with Crippen LogP contribution in [0.5, 0.6) is 5.75 Å². The van der Waals surface area contributed by atoms with Crippen molar-refractivity contribution in [1.82, 2.24) is 0 Å². The van der Waals surface area contributed by atoms with Crippen molar-refractivity contribution in [2.75, 3.05) is 6.61 Å². The molecule has 1 aromatic carbocycles. The first-order valence-corrected chi connectivity index (χ1v) is 13.4. The van der Waals surface area contributed by atoms with E-state index >= 15 is 0 Å². The Hall–Kier alpha value is -3.08. The molecule has 2 heterocycles. The highest BCUT2D eigenvalue weighted by molar-refractivity contribution is 5.89. The molecule has 5 atom stereocenters. The normalized spacial score (nSPS) is 31.9. The molecule has 1 saturated carbocycles. The lowest BCUT2D eigenvalue weighted by Crippen LogP contribution is -2.61. The molecule has 2 aliphatic heterocycles. The predicted octanol–water partition coefficient (Wildman–Crippen LogP) is 6.57. The molecule has 0 spiro atoms. The summed E-state index contributed by atoms with van der Waals surface area (Å²) >= 11 is 0. The van der Waals surface area contributed by atoms with Crippen molar-refractivity contribution in [2.45, 2.75) is 89.9 Å². The molecular weight excluding hydrogens is 452 g/mol. The molecule has 0 aromatic heterocycles. The van der Waals surface area contributed by atoms with Gasteiger partial charge in [-0.25, -0.2) is 0 Å². The van der Waals surface area contributed by atoms with Gasteiger partial charge in [-0.05, 0) is 42.9 Å². The number of hydrogen-bond donors (Lipinski definition) is 1. The minimum atomic E-state index is -1.90. The van der Waals surface area contributed by atoms with E-state index in [2.05, 4.69) is 32.1 Å². The van der Waals surface area contributed by atoms with Crippen LogP contribution < -0.4 is 4.74 Å². The minimum absolute atomic E-state index is 0.309. The van der Waals surface area contributed by atoms with E-state index < -0.39 is 28.6 Å². The highest BCUT2D eigenvalue weighted by atomic mass is 16.7. The first kappa shape index (κ1) is 26.0. The Labute approximate surface area is 214 Å². The molecule has 0 amide bonds. The molecule has 1 aliphatic carbocycles. The summed E-state index contributed by atoms with van der Waals surface area (Å²) in [6.07, 6.45) is 9.02. The second-order valence-electron chi connectivity index (χ2n) is 10.5. The van der Waals surface area contributed by atoms with Crippen LogP contribution in [0.1, 0.15) is 89.7 Å². The predicted molar refractivity (Wildman–Crippen MR) is 134 cm³/mol. The van der Waals surface area contributed by atoms with Crippen molar-refractivity contribution in [2.24, 2.45) is 22.7 Å². The summed E-state index contributed by atoms with van der Waals surface area (Å²) in [5.74, 6) is -0.950. The van der Waals surface area contributed by atoms with E-state index in [1.165, 1.54) is 25.7 Å². The van der Waals surface area contributed by atoms with Crippen molar-refractivity contribution in [3.05, 3.63) is 29.8 Å². The minimum Gasteiger partial charge on any atom is -0.494 e. The van der Waals surface area contributed by atoms with Gasteiger partial charge >= 0.3 is 0 Å². The Kier molecular flexibility index (Phi) is 7.58. The van der Waals surface area contributed by atoms with Gasteiger partial charge in [-0.15, -0.1) is 0 Å². The van der Waals surface area contributed by atoms with E-state index in [1.807, 2.05) is 12.1 Å². The largest absolute Gasteiger partial charge is 0.494 e. The van der Waals surface area contributed by atoms with Gasteiger partial charge in [-0.2, -0.15) is 15.8 Å². The molecule has 1 aromatic rings. The highest BCUT2D eigenvalue weighted by Gasteiger charge is 2.80. The van der Waals surface area contributed by atoms with Gasteiger partial charge in [0.05, 0.1) is 30.7 Å². The molecule has 7 nitrogen and oxygen atoms in total. The summed E-state index contributed by atoms with van der Waals surface area (Å²) in [5, 5.41) is 40.0. The van der Waals surface area contributed by atoms with E-state index in [9.17, 15) is 15.8 Å². The van der Waals surface area contributed by atoms with E-state index in [-0.39, 0.29) is 5.90 Å². The van der Waals surface area contributed by atoms with E-state index in [0.29, 0.717) is 36.7 Å². The van der Waals surface area contributed by atoms with Crippen LogP contribution in [-0.2, 0) is 9.47 Å². The summed E-state index contributed by atoms with van der Waals surface area (Å²) in [7, 11) is 0. The number of benzene rings is 1. The molecule has 190 valence electrons. The molecule has 2 saturated heterocycles. The number of ether oxygens (including phenoxy) is 3. The molecule has 3 fully saturated rings. The molecule has 2 bridgehead atoms. The molecule has 3 aliphatic rings. The molecular formula is C29H36N4O3. The topological polar surface area (TPSA) is 123 Å². The van der Waals surface area contributed by atoms with Gasteiger partial charge in [0, 0.05) is 6.42 Å². The Bertz CT molecular complexity index is 1070. The summed E-state index contributed by atoms with van der Waals surface area (Å²) < 4.78 is 18.4. The van der Waals surface area contributed by atoms with Crippen LogP contribution in [0.4, 0.5) is 0 Å². The van der Waals surface area contributed by atoms with Crippen molar-refractivity contribution >= 4 is 5.90 Å². The Morgan fingerprint density at radius 2 is 1.69 bits per heavy atom. The quantitative estimate of drug-likeness (QED) is 0.371. The maximum Gasteiger partial charge on any atom is 0.217 e. The SMILES string of the molecule is CCCCCCCCOc1ccc(C2OC34CCC(CC)CC3C(C#N)(C(=N)O4)C2(C#N)C#N)cc1. The van der Waals surface area contributed by atoms with Gasteiger partial charge < -0.3 is 14.2 Å². The number of nitriles is 3. The molecule has 0 radical (unpaired) electrons. The summed E-state index contributed by atoms with van der Waals surface area (Å²) in [5.41, 5.74) is -2.97. The standard InChI is InChI=1S/C29H36N4O3/c1-3-5-6-7-8-9-16-34-23-12-10-22(11-13-23)25-27(18-30,19-31)28(20-32)24-17-21(4-2)14-15-29(24,35-25)36-26(28)33/h10-13,21,24-25,33H,3-9,14-17H2,1-2H3. The van der Waals surface area contributed by atoms with Gasteiger partial charge in [0.2, 0.25) is 17.1 Å². The molecule has 5 unspecified atom stereocenters. The summed E-state index contributed by atoms with van der Waals surface area (Å²) in [6, 6.07) is 13.8. The van der Waals surface area contributed by atoms with Crippen molar-refractivity contribution < 1.29 is 14.2 Å². The van der Waals surface area contributed by atoms with Crippen LogP contribution in [0.3, 0.4) is 0 Å². The van der Waals surface area contributed by atoms with Crippen LogP contribution in [-0.4, -0.2) is 18.3 Å². The van der Waals surface area contributed by atoms with Gasteiger partial charge in [-0.1, -0.05) is 64.5 Å². The Balaban J connectivity index is 1.58. The lowest BCUT2D eigenvalue weighted by molar-refractivity contribution is -0.299. The maximum absolute atomic E-state index is 10.5. The van der Waals surface area contributed by atoms with Crippen LogP contribution in [0.2, 0.25) is 0 Å². The van der Waals surface area contributed by atoms with Crippen LogP contribution >= 0.6 is 0 Å². The van der Waals surface area contributed by atoms with E-state index in [0.717, 1.165) is 25.7 Å². The van der Waals surface area contributed by atoms with Crippen molar-refractivity contribution in [3.8, 4) is 24.0 Å². The number of unbranched alkanes of at least 4 members (excludes halogenated alkanes) is 5. The monoisotopic (exact) mass is 488 g/mol. The zero-order valence-electron chi connectivity index (χ0n) is 21.4. The van der Waals surface area contributed by atoms with Crippen molar-refractivity contribution in [1.29, 1.82) is 21.2 Å². The van der Waals surface area contributed by atoms with Crippen molar-refractivity contribution in [3.63, 3.8) is 0 Å². The molecule has 7 heteroatoms. The average molecular weight is 489 g/mol. The fourth-order valence-corrected chi connectivity index (χ4v) is 6.40. The molecule has 4 rings (SSSR count). The Morgan fingerprint density at radius 1 is 1.00 bits per heavy atom. The van der Waals surface area contributed by atoms with Crippen LogP contribution in [0, 0.1) is 62.1 Å². The summed E-state index contributed by atoms with van der Waals surface area (Å²) in [4.78, 5) is 0. The average Bonchev–Trinajstić information content (AvgIpc) is 3.11. The van der Waals surface area contributed by atoms with E-state index in [1.54, 1.807) is 12.1 Å². The lowest BCUT2D eigenvalue weighted by Gasteiger charge is -2.52. The second-order valence-corrected chi connectivity index (χ2v) is 10.5. The van der Waals surface area contributed by atoms with Gasteiger partial charge in [0.15, 0.2) is 5.41 Å². The third kappa shape index (κ3) is 3.93. The number of nitrogens with zero attached hydrogens (tertiary/aromatic N) is 3. The maximum atomic E-state index is 10.5. The fraction of sp³-hybridized carbons (Fsp3) is 0.655. The second kappa shape index (κ2) is 10.5. The summed E-state index contributed by atoms with van der Waals surface area (Å²) in [6.45, 7) is 4.94. The zero-order valence-corrected chi connectivity index (χ0v) is 21.4. The zero-order chi connectivity index (χ0) is 25.8. The Morgan fingerprint density at radius 3 is 2.33 bits per heavy atom. The number of nitrogens with one attached hydrogen (secondary N) is 1. The molecule has 1 N–H and O–H groups in total. The number of rotatable bonds is 10. The third-order valence-electron chi connectivity index (χ3n) is 8.55. The smallest absolute Gasteiger partial charge is 0.217 e. The molecule has 36 heavy (non-hydrogen) atoms. The van der Waals surface area contributed by atoms with Crippen LogP contribution in [0.25, 0.3) is 0 Å². The first-order valence-electron chi connectivity index (χ1n) is 13.4.